The highest BCUT2D eigenvalue weighted by atomic mass is 14.8. The molecule has 2 rings (SSSR count). The van der Waals surface area contributed by atoms with Gasteiger partial charge in [-0.25, -0.2) is 4.98 Å². The van der Waals surface area contributed by atoms with E-state index in [2.05, 4.69) is 42.9 Å². The van der Waals surface area contributed by atoms with E-state index in [9.17, 15) is 0 Å². The zero-order valence-corrected chi connectivity index (χ0v) is 9.67. The van der Waals surface area contributed by atoms with Crippen molar-refractivity contribution in [2.24, 2.45) is 0 Å². The average molecular weight is 202 g/mol. The standard InChI is InChI=1S/C13H18N2/c1-4-13(3,5-2)11-7-9-15-12-10(11)6-8-14-12/h6-9H,4-5H2,1-3H3,(H,14,15). The van der Waals surface area contributed by atoms with Gasteiger partial charge >= 0.3 is 0 Å². The Morgan fingerprint density at radius 3 is 2.67 bits per heavy atom. The minimum Gasteiger partial charge on any atom is -0.346 e. The summed E-state index contributed by atoms with van der Waals surface area (Å²) in [7, 11) is 0. The number of aromatic nitrogens is 2. The van der Waals surface area contributed by atoms with E-state index in [-0.39, 0.29) is 5.41 Å². The summed E-state index contributed by atoms with van der Waals surface area (Å²) < 4.78 is 0. The molecule has 15 heavy (non-hydrogen) atoms. The predicted molar refractivity (Wildman–Crippen MR) is 64.0 cm³/mol. The van der Waals surface area contributed by atoms with E-state index in [0.717, 1.165) is 18.5 Å². The van der Waals surface area contributed by atoms with Gasteiger partial charge in [0.15, 0.2) is 0 Å². The molecule has 80 valence electrons. The molecule has 0 aromatic carbocycles. The zero-order chi connectivity index (χ0) is 10.9. The van der Waals surface area contributed by atoms with Gasteiger partial charge < -0.3 is 4.98 Å². The fourth-order valence-electron chi connectivity index (χ4n) is 2.12. The first-order valence-electron chi connectivity index (χ1n) is 5.64. The Kier molecular flexibility index (Phi) is 2.51. The Bertz CT molecular complexity index is 452. The molecule has 0 unspecified atom stereocenters. The molecule has 2 aromatic heterocycles. The van der Waals surface area contributed by atoms with Gasteiger partial charge in [0.05, 0.1) is 0 Å². The van der Waals surface area contributed by atoms with Crippen LogP contribution in [0.4, 0.5) is 0 Å². The van der Waals surface area contributed by atoms with Crippen molar-refractivity contribution >= 4 is 11.0 Å². The summed E-state index contributed by atoms with van der Waals surface area (Å²) in [5.74, 6) is 0. The molecule has 1 N–H and O–H groups in total. The Morgan fingerprint density at radius 1 is 1.27 bits per heavy atom. The third kappa shape index (κ3) is 1.54. The van der Waals surface area contributed by atoms with Crippen molar-refractivity contribution in [3.63, 3.8) is 0 Å². The van der Waals surface area contributed by atoms with Gasteiger partial charge in [-0.15, -0.1) is 0 Å². The van der Waals surface area contributed by atoms with Gasteiger partial charge in [-0.2, -0.15) is 0 Å². The van der Waals surface area contributed by atoms with Gasteiger partial charge in [-0.3, -0.25) is 0 Å². The third-order valence-electron chi connectivity index (χ3n) is 3.67. The van der Waals surface area contributed by atoms with Crippen LogP contribution in [0.1, 0.15) is 39.2 Å². The number of aromatic amines is 1. The number of H-pyrrole nitrogens is 1. The van der Waals surface area contributed by atoms with E-state index >= 15 is 0 Å². The lowest BCUT2D eigenvalue weighted by Gasteiger charge is -2.27. The third-order valence-corrected chi connectivity index (χ3v) is 3.67. The van der Waals surface area contributed by atoms with Gasteiger partial charge in [0.1, 0.15) is 5.65 Å². The highest BCUT2D eigenvalue weighted by Crippen LogP contribution is 2.34. The maximum absolute atomic E-state index is 4.33. The molecule has 2 nitrogen and oxygen atoms in total. The van der Waals surface area contributed by atoms with Gasteiger partial charge in [0.25, 0.3) is 0 Å². The summed E-state index contributed by atoms with van der Waals surface area (Å²) in [6, 6.07) is 4.28. The molecule has 0 amide bonds. The van der Waals surface area contributed by atoms with Gasteiger partial charge in [-0.05, 0) is 36.0 Å². The fourth-order valence-corrected chi connectivity index (χ4v) is 2.12. The summed E-state index contributed by atoms with van der Waals surface area (Å²) in [5.41, 5.74) is 2.68. The number of fused-ring (bicyclic) bond motifs is 1. The molecule has 0 bridgehead atoms. The molecular formula is C13H18N2. The van der Waals surface area contributed by atoms with Crippen molar-refractivity contribution in [2.45, 2.75) is 39.0 Å². The Labute approximate surface area is 90.7 Å². The van der Waals surface area contributed by atoms with Gasteiger partial charge in [0, 0.05) is 17.8 Å². The molecule has 2 aromatic rings. The summed E-state index contributed by atoms with van der Waals surface area (Å²) >= 11 is 0. The second kappa shape index (κ2) is 3.69. The zero-order valence-electron chi connectivity index (χ0n) is 9.67. The monoisotopic (exact) mass is 202 g/mol. The van der Waals surface area contributed by atoms with E-state index < -0.39 is 0 Å². The Balaban J connectivity index is 2.64. The molecule has 2 heteroatoms. The second-order valence-corrected chi connectivity index (χ2v) is 4.37. The maximum atomic E-state index is 4.33. The molecule has 0 spiro atoms. The van der Waals surface area contributed by atoms with Crippen LogP contribution in [0.2, 0.25) is 0 Å². The summed E-state index contributed by atoms with van der Waals surface area (Å²) in [5, 5.41) is 1.27. The smallest absolute Gasteiger partial charge is 0.137 e. The molecule has 2 heterocycles. The van der Waals surface area contributed by atoms with Crippen LogP contribution in [-0.2, 0) is 5.41 Å². The molecule has 0 atom stereocenters. The van der Waals surface area contributed by atoms with Crippen molar-refractivity contribution in [1.82, 2.24) is 9.97 Å². The summed E-state index contributed by atoms with van der Waals surface area (Å²) in [4.78, 5) is 7.50. The number of hydrogen-bond acceptors (Lipinski definition) is 1. The number of rotatable bonds is 3. The van der Waals surface area contributed by atoms with Crippen LogP contribution in [0.25, 0.3) is 11.0 Å². The molecule has 0 radical (unpaired) electrons. The minimum absolute atomic E-state index is 0.267. The Morgan fingerprint density at radius 2 is 2.00 bits per heavy atom. The largest absolute Gasteiger partial charge is 0.346 e. The lowest BCUT2D eigenvalue weighted by molar-refractivity contribution is 0.442. The first-order chi connectivity index (χ1) is 7.21. The van der Waals surface area contributed by atoms with Crippen LogP contribution in [0, 0.1) is 0 Å². The van der Waals surface area contributed by atoms with Crippen molar-refractivity contribution < 1.29 is 0 Å². The van der Waals surface area contributed by atoms with Crippen molar-refractivity contribution in [3.05, 3.63) is 30.1 Å². The number of nitrogens with zero attached hydrogens (tertiary/aromatic N) is 1. The molecule has 0 aliphatic rings. The summed E-state index contributed by atoms with van der Waals surface area (Å²) in [6.45, 7) is 6.83. The van der Waals surface area contributed by atoms with E-state index in [1.54, 1.807) is 0 Å². The van der Waals surface area contributed by atoms with E-state index in [1.165, 1.54) is 10.9 Å². The minimum atomic E-state index is 0.267. The van der Waals surface area contributed by atoms with Crippen LogP contribution in [0.3, 0.4) is 0 Å². The first kappa shape index (κ1) is 10.2. The van der Waals surface area contributed by atoms with Crippen LogP contribution in [-0.4, -0.2) is 9.97 Å². The summed E-state index contributed by atoms with van der Waals surface area (Å²) in [6.07, 6.45) is 6.19. The Hall–Kier alpha value is -1.31. The predicted octanol–water partition coefficient (Wildman–Crippen LogP) is 3.64. The van der Waals surface area contributed by atoms with E-state index in [4.69, 9.17) is 0 Å². The van der Waals surface area contributed by atoms with Gasteiger partial charge in [0.2, 0.25) is 0 Å². The average Bonchev–Trinajstić information content (AvgIpc) is 2.75. The lowest BCUT2D eigenvalue weighted by Crippen LogP contribution is -2.19. The number of hydrogen-bond donors (Lipinski definition) is 1. The lowest BCUT2D eigenvalue weighted by atomic mass is 9.77. The van der Waals surface area contributed by atoms with Crippen molar-refractivity contribution in [3.8, 4) is 0 Å². The van der Waals surface area contributed by atoms with Crippen molar-refractivity contribution in [2.75, 3.05) is 0 Å². The fraction of sp³-hybridized carbons (Fsp3) is 0.462. The first-order valence-corrected chi connectivity index (χ1v) is 5.64. The molecule has 0 aliphatic heterocycles. The highest BCUT2D eigenvalue weighted by molar-refractivity contribution is 5.80. The molecule has 0 fully saturated rings. The van der Waals surface area contributed by atoms with Crippen molar-refractivity contribution in [1.29, 1.82) is 0 Å². The van der Waals surface area contributed by atoms with E-state index in [0.29, 0.717) is 0 Å². The van der Waals surface area contributed by atoms with Crippen LogP contribution in [0.15, 0.2) is 24.5 Å². The van der Waals surface area contributed by atoms with Gasteiger partial charge in [-0.1, -0.05) is 20.8 Å². The SMILES string of the molecule is CCC(C)(CC)c1ccnc2[nH]ccc12. The van der Waals surface area contributed by atoms with E-state index in [1.807, 2.05) is 12.4 Å². The molecule has 0 aliphatic carbocycles. The van der Waals surface area contributed by atoms with Crippen LogP contribution >= 0.6 is 0 Å². The normalized spacial score (nSPS) is 12.2. The van der Waals surface area contributed by atoms with Crippen LogP contribution < -0.4 is 0 Å². The highest BCUT2D eigenvalue weighted by Gasteiger charge is 2.24. The maximum Gasteiger partial charge on any atom is 0.137 e. The molecule has 0 saturated carbocycles. The second-order valence-electron chi connectivity index (χ2n) is 4.37. The quantitative estimate of drug-likeness (QED) is 0.808. The number of nitrogens with one attached hydrogen (secondary N) is 1. The number of pyridine rings is 1. The van der Waals surface area contributed by atoms with Crippen LogP contribution in [0.5, 0.6) is 0 Å². The topological polar surface area (TPSA) is 28.7 Å². The molecule has 0 saturated heterocycles. The molecular weight excluding hydrogens is 184 g/mol.